The molecule has 0 unspecified atom stereocenters. The predicted molar refractivity (Wildman–Crippen MR) is 125 cm³/mol. The average molecular weight is 535 g/mol. The van der Waals surface area contributed by atoms with Crippen LogP contribution in [0.4, 0.5) is 20.2 Å². The molecule has 1 amide bonds. The molecule has 1 aromatic heterocycles. The Hall–Kier alpha value is -3.34. The van der Waals surface area contributed by atoms with Crippen molar-refractivity contribution in [3.05, 3.63) is 73.5 Å². The third-order valence-electron chi connectivity index (χ3n) is 5.38. The van der Waals surface area contributed by atoms with Crippen LogP contribution in [0.1, 0.15) is 47.7 Å². The molecule has 0 atom stereocenters. The molecule has 0 aliphatic heterocycles. The SMILES string of the molecule is Cc1ccc(C)c(Oc2cc(NC(=O)Cn3nc(C(F)F)c(Br)c3C3CC3)cc([N+](=O)[O-])c2)c1. The van der Waals surface area contributed by atoms with Crippen molar-refractivity contribution in [3.8, 4) is 11.5 Å². The summed E-state index contributed by atoms with van der Waals surface area (Å²) in [5.41, 5.74) is 1.83. The standard InChI is InChI=1S/C23H21BrF2N4O4/c1-12-3-4-13(2)18(7-12)34-17-9-15(8-16(10-17)30(32)33)27-19(31)11-29-22(14-5-6-14)20(24)21(28-29)23(25)26/h3-4,7-10,14,23H,5-6,11H2,1-2H3,(H,27,31). The average Bonchev–Trinajstić information content (AvgIpc) is 3.53. The first-order valence-electron chi connectivity index (χ1n) is 10.5. The number of carbonyl (C=O) groups excluding carboxylic acids is 1. The number of aromatic nitrogens is 2. The fraction of sp³-hybridized carbons (Fsp3) is 0.304. The molecule has 3 aromatic rings. The van der Waals surface area contributed by atoms with Crippen LogP contribution in [0.3, 0.4) is 0 Å². The summed E-state index contributed by atoms with van der Waals surface area (Å²) < 4.78 is 34.0. The molecule has 0 radical (unpaired) electrons. The lowest BCUT2D eigenvalue weighted by molar-refractivity contribution is -0.384. The molecule has 1 saturated carbocycles. The van der Waals surface area contributed by atoms with Crippen molar-refractivity contribution in [2.45, 2.75) is 45.6 Å². The minimum atomic E-state index is -2.78. The summed E-state index contributed by atoms with van der Waals surface area (Å²) in [7, 11) is 0. The van der Waals surface area contributed by atoms with E-state index in [2.05, 4.69) is 26.3 Å². The van der Waals surface area contributed by atoms with Crippen LogP contribution in [0.5, 0.6) is 11.5 Å². The second kappa shape index (κ2) is 9.49. The van der Waals surface area contributed by atoms with Gasteiger partial charge in [0.1, 0.15) is 23.7 Å². The highest BCUT2D eigenvalue weighted by Gasteiger charge is 2.34. The fourth-order valence-corrected chi connectivity index (χ4v) is 4.36. The van der Waals surface area contributed by atoms with Crippen LogP contribution in [0, 0.1) is 24.0 Å². The third kappa shape index (κ3) is 5.24. The topological polar surface area (TPSA) is 99.3 Å². The lowest BCUT2D eigenvalue weighted by Crippen LogP contribution is -2.21. The van der Waals surface area contributed by atoms with Crippen LogP contribution in [0.15, 0.2) is 40.9 Å². The van der Waals surface area contributed by atoms with Crippen LogP contribution >= 0.6 is 15.9 Å². The number of nitro benzene ring substituents is 1. The number of alkyl halides is 2. The molecule has 34 heavy (non-hydrogen) atoms. The number of nitro groups is 1. The van der Waals surface area contributed by atoms with E-state index in [0.29, 0.717) is 11.4 Å². The summed E-state index contributed by atoms with van der Waals surface area (Å²) in [6.45, 7) is 3.43. The number of hydrogen-bond donors (Lipinski definition) is 1. The molecule has 0 spiro atoms. The van der Waals surface area contributed by atoms with Crippen LogP contribution in [-0.4, -0.2) is 20.6 Å². The number of amides is 1. The van der Waals surface area contributed by atoms with E-state index in [1.807, 2.05) is 32.0 Å². The number of hydrogen-bond acceptors (Lipinski definition) is 5. The van der Waals surface area contributed by atoms with Crippen LogP contribution in [0.2, 0.25) is 0 Å². The quantitative estimate of drug-likeness (QED) is 0.265. The number of halogens is 3. The van der Waals surface area contributed by atoms with Gasteiger partial charge in [-0.05, 0) is 59.8 Å². The normalized spacial score (nSPS) is 13.2. The highest BCUT2D eigenvalue weighted by atomic mass is 79.9. The van der Waals surface area contributed by atoms with Crippen molar-refractivity contribution < 1.29 is 23.2 Å². The van der Waals surface area contributed by atoms with Crippen molar-refractivity contribution in [1.82, 2.24) is 9.78 Å². The number of ether oxygens (including phenoxy) is 1. The minimum absolute atomic E-state index is 0.0672. The molecule has 8 nitrogen and oxygen atoms in total. The molecule has 11 heteroatoms. The van der Waals surface area contributed by atoms with Gasteiger partial charge in [-0.3, -0.25) is 19.6 Å². The molecule has 2 aromatic carbocycles. The van der Waals surface area contributed by atoms with Crippen molar-refractivity contribution >= 4 is 33.2 Å². The van der Waals surface area contributed by atoms with Gasteiger partial charge < -0.3 is 10.1 Å². The van der Waals surface area contributed by atoms with Crippen LogP contribution in [0.25, 0.3) is 0 Å². The highest BCUT2D eigenvalue weighted by Crippen LogP contribution is 2.45. The maximum atomic E-state index is 13.3. The first-order valence-corrected chi connectivity index (χ1v) is 11.3. The minimum Gasteiger partial charge on any atom is -0.457 e. The lowest BCUT2D eigenvalue weighted by Gasteiger charge is -2.12. The summed E-state index contributed by atoms with van der Waals surface area (Å²) in [5, 5.41) is 17.9. The van der Waals surface area contributed by atoms with Gasteiger partial charge in [0.25, 0.3) is 12.1 Å². The van der Waals surface area contributed by atoms with E-state index in [1.165, 1.54) is 22.9 Å². The third-order valence-corrected chi connectivity index (χ3v) is 6.19. The van der Waals surface area contributed by atoms with Crippen molar-refractivity contribution in [3.63, 3.8) is 0 Å². The maximum absolute atomic E-state index is 13.3. The Bertz CT molecular complexity index is 1270. The van der Waals surface area contributed by atoms with Gasteiger partial charge in [-0.25, -0.2) is 8.78 Å². The first-order chi connectivity index (χ1) is 16.1. The van der Waals surface area contributed by atoms with Gasteiger partial charge >= 0.3 is 0 Å². The molecule has 1 aliphatic rings. The molecule has 0 bridgehead atoms. The molecule has 178 valence electrons. The molecule has 1 N–H and O–H groups in total. The number of aryl methyl sites for hydroxylation is 2. The second-order valence-electron chi connectivity index (χ2n) is 8.21. The second-order valence-corrected chi connectivity index (χ2v) is 9.00. The van der Waals surface area contributed by atoms with Gasteiger partial charge in [-0.15, -0.1) is 0 Å². The van der Waals surface area contributed by atoms with E-state index < -0.39 is 22.9 Å². The summed E-state index contributed by atoms with van der Waals surface area (Å²) in [4.78, 5) is 23.6. The van der Waals surface area contributed by atoms with E-state index in [1.54, 1.807) is 0 Å². The van der Waals surface area contributed by atoms with Crippen LogP contribution < -0.4 is 10.1 Å². The number of rotatable bonds is 8. The Morgan fingerprint density at radius 3 is 2.68 bits per heavy atom. The number of anilines is 1. The zero-order chi connectivity index (χ0) is 24.6. The molecule has 0 saturated heterocycles. The number of nitrogens with zero attached hydrogens (tertiary/aromatic N) is 3. The van der Waals surface area contributed by atoms with Gasteiger partial charge in [0.05, 0.1) is 26.8 Å². The highest BCUT2D eigenvalue weighted by molar-refractivity contribution is 9.10. The summed E-state index contributed by atoms with van der Waals surface area (Å²) in [6, 6.07) is 9.55. The molecular weight excluding hydrogens is 514 g/mol. The van der Waals surface area contributed by atoms with Gasteiger partial charge in [-0.2, -0.15) is 5.10 Å². The van der Waals surface area contributed by atoms with Crippen molar-refractivity contribution in [1.29, 1.82) is 0 Å². The van der Waals surface area contributed by atoms with Gasteiger partial charge in [0, 0.05) is 18.1 Å². The summed E-state index contributed by atoms with van der Waals surface area (Å²) in [5.74, 6) is 0.222. The summed E-state index contributed by atoms with van der Waals surface area (Å²) in [6.07, 6.45) is -1.12. The number of non-ortho nitro benzene ring substituents is 1. The van der Waals surface area contributed by atoms with E-state index in [4.69, 9.17) is 4.74 Å². The van der Waals surface area contributed by atoms with Crippen molar-refractivity contribution in [2.75, 3.05) is 5.32 Å². The Kier molecular flexibility index (Phi) is 6.65. The monoisotopic (exact) mass is 534 g/mol. The Labute approximate surface area is 202 Å². The maximum Gasteiger partial charge on any atom is 0.283 e. The van der Waals surface area contributed by atoms with E-state index in [9.17, 15) is 23.7 Å². The van der Waals surface area contributed by atoms with Gasteiger partial charge in [-0.1, -0.05) is 12.1 Å². The molecule has 4 rings (SSSR count). The zero-order valence-electron chi connectivity index (χ0n) is 18.3. The van der Waals surface area contributed by atoms with E-state index in [0.717, 1.165) is 24.0 Å². The largest absolute Gasteiger partial charge is 0.457 e. The number of carbonyl (C=O) groups is 1. The van der Waals surface area contributed by atoms with Crippen LogP contribution in [-0.2, 0) is 11.3 Å². The predicted octanol–water partition coefficient (Wildman–Crippen LogP) is 6.42. The zero-order valence-corrected chi connectivity index (χ0v) is 19.9. The first kappa shape index (κ1) is 23.8. The van der Waals surface area contributed by atoms with Gasteiger partial charge in [0.2, 0.25) is 5.91 Å². The summed E-state index contributed by atoms with van der Waals surface area (Å²) >= 11 is 3.19. The smallest absolute Gasteiger partial charge is 0.283 e. The van der Waals surface area contributed by atoms with E-state index in [-0.39, 0.29) is 34.1 Å². The number of nitrogens with one attached hydrogen (secondary N) is 1. The Morgan fingerprint density at radius 1 is 1.29 bits per heavy atom. The Morgan fingerprint density at radius 2 is 2.03 bits per heavy atom. The molecule has 1 fully saturated rings. The Balaban J connectivity index is 1.58. The molecule has 1 aliphatic carbocycles. The molecule has 1 heterocycles. The van der Waals surface area contributed by atoms with Gasteiger partial charge in [0.15, 0.2) is 0 Å². The van der Waals surface area contributed by atoms with Crippen molar-refractivity contribution in [2.24, 2.45) is 0 Å². The number of benzene rings is 2. The lowest BCUT2D eigenvalue weighted by atomic mass is 10.1. The van der Waals surface area contributed by atoms with E-state index >= 15 is 0 Å². The molecular formula is C23H21BrF2N4O4. The fourth-order valence-electron chi connectivity index (χ4n) is 3.58.